The summed E-state index contributed by atoms with van der Waals surface area (Å²) in [6.45, 7) is 0. The minimum Gasteiger partial charge on any atom is 0.0623 e. The first-order valence-electron chi connectivity index (χ1n) is 11.0. The molecule has 126 valence electrons. The van der Waals surface area contributed by atoms with Crippen LogP contribution < -0.4 is 5.46 Å². The molecule has 0 radical (unpaired) electrons. The molecule has 5 aromatic rings. The molecule has 0 unspecified atom stereocenters. The second-order valence-corrected chi connectivity index (χ2v) is 7.23. The molecule has 0 aliphatic carbocycles. The van der Waals surface area contributed by atoms with Crippen LogP contribution in [0.15, 0.2) is 90.9 Å². The van der Waals surface area contributed by atoms with Crippen LogP contribution in [0.5, 0.6) is 0 Å². The summed E-state index contributed by atoms with van der Waals surface area (Å²) in [6, 6.07) is 17.6. The van der Waals surface area contributed by atoms with Crippen molar-refractivity contribution in [3.63, 3.8) is 0 Å². The van der Waals surface area contributed by atoms with E-state index in [4.69, 9.17) is 6.85 Å². The molecule has 0 spiro atoms. The van der Waals surface area contributed by atoms with Crippen LogP contribution in [-0.4, -0.2) is 7.15 Å². The summed E-state index contributed by atoms with van der Waals surface area (Å²) < 4.78 is 53.7. The first-order valence-corrected chi connectivity index (χ1v) is 9.31. The maximum atomic E-state index is 11.0. The van der Waals surface area contributed by atoms with Gasteiger partial charge in [-0.15, -0.1) is 0 Å². The molecule has 0 aliphatic heterocycles. The summed E-state index contributed by atoms with van der Waals surface area (Å²) >= 11 is 1.54. The summed E-state index contributed by atoms with van der Waals surface area (Å²) in [5.74, 6) is 0. The average Bonchev–Trinajstić information content (AvgIpc) is 3.21. The molecule has 1 aromatic heterocycles. The smallest absolute Gasteiger partial charge is 0.0623 e. The monoisotopic (exact) mass is 367 g/mol. The minimum atomic E-state index is -0.395. The van der Waals surface area contributed by atoms with E-state index in [1.807, 2.05) is 48.5 Å². The first kappa shape index (κ1) is 11.6. The Kier molecular flexibility index (Phi) is 2.84. The Morgan fingerprint density at radius 1 is 0.704 bits per heavy atom. The third-order valence-corrected chi connectivity index (χ3v) is 5.94. The molecule has 0 N–H and O–H groups in total. The molecule has 1 heterocycles. The molecule has 0 saturated carbocycles. The number of benzene rings is 4. The van der Waals surface area contributed by atoms with Gasteiger partial charge in [-0.3, -0.25) is 0 Å². The van der Waals surface area contributed by atoms with Crippen molar-refractivity contribution in [2.75, 3.05) is 0 Å². The van der Waals surface area contributed by atoms with Crippen LogP contribution in [0.2, 0.25) is 0 Å². The number of hydrogen-bond donors (Lipinski definition) is 0. The Labute approximate surface area is 169 Å². The predicted octanol–water partition coefficient (Wildman–Crippen LogP) is 6.06. The van der Waals surface area contributed by atoms with Crippen molar-refractivity contribution in [2.24, 2.45) is 0 Å². The molecule has 4 aromatic carbocycles. The van der Waals surface area contributed by atoms with Gasteiger partial charge in [0.15, 0.2) is 0 Å². The van der Waals surface area contributed by atoms with Gasteiger partial charge < -0.3 is 0 Å². The van der Waals surface area contributed by atoms with Gasteiger partial charge in [0.1, 0.15) is 0 Å². The average molecular weight is 367 g/mol. The minimum absolute atomic E-state index is 0.203. The zero-order valence-corrected chi connectivity index (χ0v) is 15.0. The van der Waals surface area contributed by atoms with E-state index in [-0.39, 0.29) is 29.7 Å². The Morgan fingerprint density at radius 2 is 1.30 bits per heavy atom. The second-order valence-electron chi connectivity index (χ2n) is 6.21. The molecule has 0 amide bonds. The van der Waals surface area contributed by atoms with E-state index in [9.17, 15) is 4.70 Å². The SMILES string of the molecule is [2H]c1c([2H])c([2H])c(-c2cccc3c2sc2c(-c4ccc(B=O)cc4)cccc23)c([2H])c1[2H]. The van der Waals surface area contributed by atoms with Crippen molar-refractivity contribution < 1.29 is 11.6 Å². The Morgan fingerprint density at radius 3 is 1.89 bits per heavy atom. The van der Waals surface area contributed by atoms with E-state index in [0.29, 0.717) is 11.0 Å². The fourth-order valence-electron chi connectivity index (χ4n) is 3.37. The third kappa shape index (κ3) is 2.72. The zero-order chi connectivity index (χ0) is 22.6. The Hall–Kier alpha value is -3.04. The summed E-state index contributed by atoms with van der Waals surface area (Å²) in [7, 11) is 0.816. The van der Waals surface area contributed by atoms with Crippen molar-refractivity contribution in [2.45, 2.75) is 0 Å². The molecule has 0 bridgehead atoms. The van der Waals surface area contributed by atoms with Crippen LogP contribution >= 0.6 is 11.3 Å². The van der Waals surface area contributed by atoms with E-state index in [2.05, 4.69) is 0 Å². The van der Waals surface area contributed by atoms with Gasteiger partial charge in [0, 0.05) is 0 Å². The second kappa shape index (κ2) is 6.60. The number of hydrogen-bond acceptors (Lipinski definition) is 2. The molecule has 5 rings (SSSR count). The molecule has 27 heavy (non-hydrogen) atoms. The Balaban J connectivity index is 1.83. The van der Waals surface area contributed by atoms with E-state index in [1.165, 1.54) is 0 Å². The van der Waals surface area contributed by atoms with E-state index in [1.54, 1.807) is 23.5 Å². The van der Waals surface area contributed by atoms with Gasteiger partial charge in [0.05, 0.1) is 4.11 Å². The number of fused-ring (bicyclic) bond motifs is 3. The third-order valence-electron chi connectivity index (χ3n) is 4.65. The van der Waals surface area contributed by atoms with Gasteiger partial charge in [-0.2, -0.15) is 0 Å². The van der Waals surface area contributed by atoms with Gasteiger partial charge in [0.2, 0.25) is 0 Å². The van der Waals surface area contributed by atoms with Crippen LogP contribution in [0.3, 0.4) is 0 Å². The van der Waals surface area contributed by atoms with Crippen molar-refractivity contribution in [3.05, 3.63) is 90.9 Å². The zero-order valence-electron chi connectivity index (χ0n) is 19.2. The molecular formula is C24H15BOS. The van der Waals surface area contributed by atoms with E-state index < -0.39 is 6.04 Å². The van der Waals surface area contributed by atoms with Crippen molar-refractivity contribution in [1.82, 2.24) is 0 Å². The molecule has 0 fully saturated rings. The fraction of sp³-hybridized carbons (Fsp3) is 0. The van der Waals surface area contributed by atoms with Gasteiger partial charge >= 0.3 is 159 Å². The van der Waals surface area contributed by atoms with Crippen LogP contribution in [0.1, 0.15) is 6.85 Å². The molecular weight excluding hydrogens is 347 g/mol. The van der Waals surface area contributed by atoms with Gasteiger partial charge in [0.25, 0.3) is 0 Å². The predicted molar refractivity (Wildman–Crippen MR) is 116 cm³/mol. The van der Waals surface area contributed by atoms with Gasteiger partial charge in [-0.25, -0.2) is 0 Å². The number of rotatable bonds is 3. The van der Waals surface area contributed by atoms with Gasteiger partial charge in [-0.05, 0) is 0 Å². The molecule has 0 saturated heterocycles. The van der Waals surface area contributed by atoms with Crippen LogP contribution in [0.25, 0.3) is 42.4 Å². The maximum absolute atomic E-state index is 11.0. The summed E-state index contributed by atoms with van der Waals surface area (Å²) in [6.07, 6.45) is 0. The summed E-state index contributed by atoms with van der Waals surface area (Å²) in [4.78, 5) is 0. The molecule has 0 aliphatic rings. The number of thiophene rings is 1. The Bertz CT molecular complexity index is 1510. The van der Waals surface area contributed by atoms with Crippen molar-refractivity contribution in [3.8, 4) is 22.3 Å². The topological polar surface area (TPSA) is 17.1 Å². The van der Waals surface area contributed by atoms with Crippen molar-refractivity contribution in [1.29, 1.82) is 0 Å². The van der Waals surface area contributed by atoms with Gasteiger partial charge in [-0.1, -0.05) is 6.04 Å². The molecule has 1 nitrogen and oxygen atoms in total. The van der Waals surface area contributed by atoms with Crippen molar-refractivity contribution >= 4 is 44.1 Å². The van der Waals surface area contributed by atoms with E-state index >= 15 is 0 Å². The quantitative estimate of drug-likeness (QED) is 0.354. The van der Waals surface area contributed by atoms with E-state index in [0.717, 1.165) is 38.4 Å². The van der Waals surface area contributed by atoms with Crippen LogP contribution in [-0.2, 0) is 4.70 Å². The van der Waals surface area contributed by atoms with Crippen LogP contribution in [0, 0.1) is 0 Å². The molecule has 3 heteroatoms. The summed E-state index contributed by atoms with van der Waals surface area (Å²) in [5, 5.41) is 2.01. The summed E-state index contributed by atoms with van der Waals surface area (Å²) in [5.41, 5.74) is 3.46. The standard InChI is InChI=1S/C24H15BOS/c26-25-18-14-12-17(13-15-18)20-9-5-11-22-21-10-4-8-19(23(21)27-24(20)22)16-6-2-1-3-7-16/h1-15H/i1D,2D,3D,6D,7D. The first-order chi connectivity index (χ1) is 15.4. The molecule has 0 atom stereocenters. The fourth-order valence-corrected chi connectivity index (χ4v) is 4.73. The normalized spacial score (nSPS) is 13.6. The van der Waals surface area contributed by atoms with Crippen LogP contribution in [0.4, 0.5) is 0 Å².